The Morgan fingerprint density at radius 3 is 2.08 bits per heavy atom. The average Bonchev–Trinajstić information content (AvgIpc) is 2.62. The van der Waals surface area contributed by atoms with E-state index in [1.807, 2.05) is 6.92 Å². The molecule has 0 aliphatic carbocycles. The van der Waals surface area contributed by atoms with Crippen LogP contribution in [0.5, 0.6) is 0 Å². The van der Waals surface area contributed by atoms with E-state index in [1.165, 1.54) is 9.80 Å². The van der Waals surface area contributed by atoms with Crippen LogP contribution in [-0.4, -0.2) is 73.1 Å². The van der Waals surface area contributed by atoms with Crippen LogP contribution in [0.15, 0.2) is 24.3 Å². The Morgan fingerprint density at radius 1 is 1.08 bits per heavy atom. The highest BCUT2D eigenvalue weighted by Gasteiger charge is 2.22. The monoisotopic (exact) mass is 364 g/mol. The van der Waals surface area contributed by atoms with Crippen molar-refractivity contribution in [2.24, 2.45) is 5.92 Å². The molecule has 7 nitrogen and oxygen atoms in total. The molecule has 0 saturated heterocycles. The third kappa shape index (κ3) is 6.48. The molecule has 0 heterocycles. The van der Waals surface area contributed by atoms with Gasteiger partial charge >= 0.3 is 5.97 Å². The van der Waals surface area contributed by atoms with Crippen molar-refractivity contribution in [3.8, 4) is 0 Å². The molecule has 0 bridgehead atoms. The molecule has 7 heteroatoms. The van der Waals surface area contributed by atoms with Crippen LogP contribution in [0, 0.1) is 5.92 Å². The van der Waals surface area contributed by atoms with Crippen LogP contribution in [0.4, 0.5) is 0 Å². The minimum absolute atomic E-state index is 0.124. The predicted molar refractivity (Wildman–Crippen MR) is 98.3 cm³/mol. The van der Waals surface area contributed by atoms with Crippen molar-refractivity contribution in [3.63, 3.8) is 0 Å². The quantitative estimate of drug-likeness (QED) is 0.642. The molecule has 0 radical (unpaired) electrons. The summed E-state index contributed by atoms with van der Waals surface area (Å²) in [5.74, 6) is -2.00. The summed E-state index contributed by atoms with van der Waals surface area (Å²) in [6.45, 7) is 5.11. The van der Waals surface area contributed by atoms with E-state index < -0.39 is 11.9 Å². The van der Waals surface area contributed by atoms with Gasteiger partial charge in [-0.2, -0.15) is 0 Å². The number of nitrogens with zero attached hydrogens (tertiary/aromatic N) is 2. The smallest absolute Gasteiger partial charge is 0.308 e. The SMILES string of the molecule is CCOCCCN(CC(C)C(=O)O)C(=O)c1ccc(C(=O)N(C)C)cc1. The minimum Gasteiger partial charge on any atom is -0.481 e. The lowest BCUT2D eigenvalue weighted by Crippen LogP contribution is -2.38. The van der Waals surface area contributed by atoms with Crippen molar-refractivity contribution in [2.45, 2.75) is 20.3 Å². The van der Waals surface area contributed by atoms with Gasteiger partial charge in [-0.1, -0.05) is 6.92 Å². The number of carbonyl (C=O) groups is 3. The molecule has 1 atom stereocenters. The van der Waals surface area contributed by atoms with E-state index >= 15 is 0 Å². The van der Waals surface area contributed by atoms with Crippen molar-refractivity contribution in [1.82, 2.24) is 9.80 Å². The Kier molecular flexibility index (Phi) is 8.78. The fraction of sp³-hybridized carbons (Fsp3) is 0.526. The minimum atomic E-state index is -0.945. The van der Waals surface area contributed by atoms with E-state index in [1.54, 1.807) is 45.3 Å². The van der Waals surface area contributed by atoms with Gasteiger partial charge in [-0.05, 0) is 37.6 Å². The molecule has 2 amide bonds. The van der Waals surface area contributed by atoms with E-state index in [-0.39, 0.29) is 18.4 Å². The van der Waals surface area contributed by atoms with Gasteiger partial charge in [0.1, 0.15) is 0 Å². The first kappa shape index (κ1) is 21.6. The first-order valence-electron chi connectivity index (χ1n) is 8.69. The number of rotatable bonds is 10. The molecular weight excluding hydrogens is 336 g/mol. The molecule has 0 aromatic heterocycles. The Balaban J connectivity index is 2.88. The van der Waals surface area contributed by atoms with Crippen LogP contribution < -0.4 is 0 Å². The van der Waals surface area contributed by atoms with Gasteiger partial charge in [0, 0.05) is 51.5 Å². The zero-order valence-corrected chi connectivity index (χ0v) is 15.9. The number of aliphatic carboxylic acids is 1. The maximum Gasteiger partial charge on any atom is 0.308 e. The highest BCUT2D eigenvalue weighted by atomic mass is 16.5. The summed E-state index contributed by atoms with van der Waals surface area (Å²) in [7, 11) is 3.32. The summed E-state index contributed by atoms with van der Waals surface area (Å²) in [6, 6.07) is 6.41. The van der Waals surface area contributed by atoms with E-state index in [0.717, 1.165) is 0 Å². The topological polar surface area (TPSA) is 87.1 Å². The third-order valence-corrected chi connectivity index (χ3v) is 3.91. The zero-order chi connectivity index (χ0) is 19.7. The largest absolute Gasteiger partial charge is 0.481 e. The lowest BCUT2D eigenvalue weighted by Gasteiger charge is -2.25. The van der Waals surface area contributed by atoms with Crippen molar-refractivity contribution in [3.05, 3.63) is 35.4 Å². The average molecular weight is 364 g/mol. The first-order valence-corrected chi connectivity index (χ1v) is 8.69. The van der Waals surface area contributed by atoms with Crippen LogP contribution >= 0.6 is 0 Å². The van der Waals surface area contributed by atoms with Gasteiger partial charge in [0.15, 0.2) is 0 Å². The van der Waals surface area contributed by atoms with Crippen molar-refractivity contribution in [2.75, 3.05) is 40.4 Å². The number of amides is 2. The van der Waals surface area contributed by atoms with Crippen molar-refractivity contribution >= 4 is 17.8 Å². The molecule has 1 unspecified atom stereocenters. The number of carboxylic acids is 1. The summed E-state index contributed by atoms with van der Waals surface area (Å²) >= 11 is 0. The summed E-state index contributed by atoms with van der Waals surface area (Å²) in [6.07, 6.45) is 0.628. The molecule has 1 aromatic rings. The number of benzene rings is 1. The molecule has 0 aliphatic heterocycles. The summed E-state index contributed by atoms with van der Waals surface area (Å²) in [5, 5.41) is 9.14. The van der Waals surface area contributed by atoms with Gasteiger partial charge in [0.2, 0.25) is 0 Å². The second-order valence-corrected chi connectivity index (χ2v) is 6.32. The number of ether oxygens (including phenoxy) is 1. The van der Waals surface area contributed by atoms with Crippen LogP contribution in [-0.2, 0) is 9.53 Å². The zero-order valence-electron chi connectivity index (χ0n) is 15.9. The standard InChI is InChI=1S/C19H28N2O5/c1-5-26-12-6-11-21(13-14(2)19(24)25)18(23)16-9-7-15(8-10-16)17(22)20(3)4/h7-10,14H,5-6,11-13H2,1-4H3,(H,24,25). The predicted octanol–water partition coefficient (Wildman–Crippen LogP) is 1.98. The lowest BCUT2D eigenvalue weighted by molar-refractivity contribution is -0.141. The first-order chi connectivity index (χ1) is 12.3. The Bertz CT molecular complexity index is 613. The maximum absolute atomic E-state index is 12.8. The van der Waals surface area contributed by atoms with E-state index in [2.05, 4.69) is 0 Å². The molecule has 0 spiro atoms. The summed E-state index contributed by atoms with van der Waals surface area (Å²) in [5.41, 5.74) is 0.919. The second kappa shape index (κ2) is 10.6. The van der Waals surface area contributed by atoms with Gasteiger partial charge in [-0.25, -0.2) is 0 Å². The van der Waals surface area contributed by atoms with Gasteiger partial charge in [0.25, 0.3) is 11.8 Å². The Morgan fingerprint density at radius 2 is 1.62 bits per heavy atom. The third-order valence-electron chi connectivity index (χ3n) is 3.91. The highest BCUT2D eigenvalue weighted by molar-refractivity contribution is 5.97. The Labute approximate surface area is 154 Å². The van der Waals surface area contributed by atoms with Crippen molar-refractivity contribution < 1.29 is 24.2 Å². The van der Waals surface area contributed by atoms with E-state index in [4.69, 9.17) is 9.84 Å². The van der Waals surface area contributed by atoms with Crippen LogP contribution in [0.2, 0.25) is 0 Å². The molecule has 0 saturated carbocycles. The Hall–Kier alpha value is -2.41. The molecule has 1 aromatic carbocycles. The molecular formula is C19H28N2O5. The summed E-state index contributed by atoms with van der Waals surface area (Å²) in [4.78, 5) is 38.9. The highest BCUT2D eigenvalue weighted by Crippen LogP contribution is 2.12. The van der Waals surface area contributed by atoms with Crippen LogP contribution in [0.1, 0.15) is 41.0 Å². The maximum atomic E-state index is 12.8. The molecule has 144 valence electrons. The van der Waals surface area contributed by atoms with Gasteiger partial charge in [-0.15, -0.1) is 0 Å². The van der Waals surface area contributed by atoms with Crippen LogP contribution in [0.3, 0.4) is 0 Å². The number of hydrogen-bond donors (Lipinski definition) is 1. The molecule has 1 N–H and O–H groups in total. The summed E-state index contributed by atoms with van der Waals surface area (Å²) < 4.78 is 5.29. The van der Waals surface area contributed by atoms with E-state index in [9.17, 15) is 14.4 Å². The molecule has 26 heavy (non-hydrogen) atoms. The van der Waals surface area contributed by atoms with Crippen LogP contribution in [0.25, 0.3) is 0 Å². The van der Waals surface area contributed by atoms with Crippen molar-refractivity contribution in [1.29, 1.82) is 0 Å². The number of carbonyl (C=O) groups excluding carboxylic acids is 2. The second-order valence-electron chi connectivity index (χ2n) is 6.32. The molecule has 1 rings (SSSR count). The number of carboxylic acid groups (broad SMARTS) is 1. The molecule has 0 fully saturated rings. The van der Waals surface area contributed by atoms with Gasteiger partial charge < -0.3 is 19.6 Å². The lowest BCUT2D eigenvalue weighted by atomic mass is 10.1. The normalized spacial score (nSPS) is 11.7. The van der Waals surface area contributed by atoms with Gasteiger partial charge in [0.05, 0.1) is 5.92 Å². The molecule has 0 aliphatic rings. The van der Waals surface area contributed by atoms with E-state index in [0.29, 0.717) is 37.3 Å². The fourth-order valence-corrected chi connectivity index (χ4v) is 2.38. The number of hydrogen-bond acceptors (Lipinski definition) is 4. The van der Waals surface area contributed by atoms with Gasteiger partial charge in [-0.3, -0.25) is 14.4 Å². The fourth-order valence-electron chi connectivity index (χ4n) is 2.38.